The topological polar surface area (TPSA) is 83.1 Å². The number of ketones is 1. The fourth-order valence-corrected chi connectivity index (χ4v) is 5.17. The van der Waals surface area contributed by atoms with E-state index in [0.717, 1.165) is 17.0 Å². The van der Waals surface area contributed by atoms with Crippen molar-refractivity contribution in [1.82, 2.24) is 5.32 Å². The van der Waals surface area contributed by atoms with Crippen molar-refractivity contribution in [2.45, 2.75) is 24.7 Å². The summed E-state index contributed by atoms with van der Waals surface area (Å²) in [5.41, 5.74) is 3.45. The Morgan fingerprint density at radius 2 is 1.59 bits per heavy atom. The number of para-hydroxylation sites is 2. The minimum Gasteiger partial charge on any atom is -0.496 e. The molecule has 2 aromatic carbocycles. The van der Waals surface area contributed by atoms with Crippen molar-refractivity contribution in [2.75, 3.05) is 28.4 Å². The molecule has 0 radical (unpaired) electrons. The summed E-state index contributed by atoms with van der Waals surface area (Å²) in [6, 6.07) is 13.2. The minimum absolute atomic E-state index is 0.0408. The summed E-state index contributed by atoms with van der Waals surface area (Å²) in [4.78, 5) is 26.6. The van der Waals surface area contributed by atoms with Gasteiger partial charge in [0.1, 0.15) is 11.7 Å². The standard InChI is InChI=1S/C27H29NO6/c1-15-23(27(30)34-5)24(18-10-8-12-22(32-3)26(18)33-4)25-19(28-15)13-16(14-20(25)29)17-9-6-7-11-21(17)31-2/h6-12,16,23-24,28H,1,13-14H2,2-5H3. The summed E-state index contributed by atoms with van der Waals surface area (Å²) in [5.74, 6) is -0.249. The van der Waals surface area contributed by atoms with E-state index in [1.165, 1.54) is 7.11 Å². The van der Waals surface area contributed by atoms with Gasteiger partial charge in [-0.3, -0.25) is 9.59 Å². The summed E-state index contributed by atoms with van der Waals surface area (Å²) < 4.78 is 21.8. The van der Waals surface area contributed by atoms with Crippen LogP contribution in [0.1, 0.15) is 35.8 Å². The second-order valence-corrected chi connectivity index (χ2v) is 8.37. The van der Waals surface area contributed by atoms with Gasteiger partial charge in [-0.1, -0.05) is 36.9 Å². The number of rotatable bonds is 6. The van der Waals surface area contributed by atoms with Crippen LogP contribution in [0.5, 0.6) is 17.2 Å². The number of Topliss-reactive ketones (excluding diaryl/α,β-unsaturated/α-hetero) is 1. The van der Waals surface area contributed by atoms with Crippen LogP contribution in [-0.4, -0.2) is 40.2 Å². The Bertz CT molecular complexity index is 1170. The molecule has 0 bridgehead atoms. The summed E-state index contributed by atoms with van der Waals surface area (Å²) in [6.45, 7) is 4.13. The number of benzene rings is 2. The van der Waals surface area contributed by atoms with E-state index in [1.54, 1.807) is 27.4 Å². The zero-order valence-corrected chi connectivity index (χ0v) is 19.8. The number of allylic oxidation sites excluding steroid dienone is 2. The molecule has 1 aliphatic carbocycles. The molecular weight excluding hydrogens is 434 g/mol. The van der Waals surface area contributed by atoms with Crippen LogP contribution in [0.25, 0.3) is 0 Å². The summed E-state index contributed by atoms with van der Waals surface area (Å²) in [6.07, 6.45) is 0.876. The maximum Gasteiger partial charge on any atom is 0.315 e. The van der Waals surface area contributed by atoms with Gasteiger partial charge >= 0.3 is 5.97 Å². The van der Waals surface area contributed by atoms with Crippen molar-refractivity contribution in [1.29, 1.82) is 0 Å². The van der Waals surface area contributed by atoms with Crippen molar-refractivity contribution >= 4 is 11.8 Å². The normalized spacial score (nSPS) is 21.9. The maximum absolute atomic E-state index is 13.7. The molecule has 2 aromatic rings. The molecule has 3 unspecified atom stereocenters. The van der Waals surface area contributed by atoms with Crippen molar-refractivity contribution < 1.29 is 28.5 Å². The van der Waals surface area contributed by atoms with Crippen molar-refractivity contribution in [3.63, 3.8) is 0 Å². The van der Waals surface area contributed by atoms with Gasteiger partial charge in [0, 0.05) is 40.8 Å². The minimum atomic E-state index is -0.795. The van der Waals surface area contributed by atoms with Gasteiger partial charge in [0.05, 0.1) is 28.4 Å². The van der Waals surface area contributed by atoms with Gasteiger partial charge in [0.2, 0.25) is 0 Å². The number of nitrogens with one attached hydrogen (secondary N) is 1. The largest absolute Gasteiger partial charge is 0.496 e. The van der Waals surface area contributed by atoms with Crippen LogP contribution in [0.4, 0.5) is 0 Å². The molecule has 0 amide bonds. The van der Waals surface area contributed by atoms with E-state index < -0.39 is 17.8 Å². The highest BCUT2D eigenvalue weighted by Gasteiger charge is 2.46. The number of hydrogen-bond acceptors (Lipinski definition) is 7. The van der Waals surface area contributed by atoms with Gasteiger partial charge in [-0.2, -0.15) is 0 Å². The first-order valence-electron chi connectivity index (χ1n) is 11.1. The molecular formula is C27H29NO6. The van der Waals surface area contributed by atoms with Gasteiger partial charge < -0.3 is 24.3 Å². The third-order valence-electron chi connectivity index (χ3n) is 6.64. The van der Waals surface area contributed by atoms with Gasteiger partial charge in [-0.05, 0) is 24.1 Å². The molecule has 2 aliphatic rings. The van der Waals surface area contributed by atoms with E-state index in [2.05, 4.69) is 11.9 Å². The molecule has 0 aromatic heterocycles. The average Bonchev–Trinajstić information content (AvgIpc) is 2.86. The number of carbonyl (C=O) groups is 2. The Morgan fingerprint density at radius 1 is 0.912 bits per heavy atom. The smallest absolute Gasteiger partial charge is 0.315 e. The van der Waals surface area contributed by atoms with Gasteiger partial charge in [-0.15, -0.1) is 0 Å². The van der Waals surface area contributed by atoms with E-state index in [9.17, 15) is 9.59 Å². The van der Waals surface area contributed by atoms with Crippen LogP contribution in [0.2, 0.25) is 0 Å². The Hall–Kier alpha value is -3.74. The zero-order valence-electron chi connectivity index (χ0n) is 19.8. The predicted molar refractivity (Wildman–Crippen MR) is 127 cm³/mol. The quantitative estimate of drug-likeness (QED) is 0.646. The SMILES string of the molecule is C=C1NC2=C(C(=O)CC(c3ccccc3OC)C2)C(c2cccc(OC)c2OC)C1C(=O)OC. The van der Waals surface area contributed by atoms with Crippen LogP contribution in [-0.2, 0) is 14.3 Å². The van der Waals surface area contributed by atoms with Crippen LogP contribution < -0.4 is 19.5 Å². The predicted octanol–water partition coefficient (Wildman–Crippen LogP) is 4.10. The summed E-state index contributed by atoms with van der Waals surface area (Å²) >= 11 is 0. The van der Waals surface area contributed by atoms with Crippen LogP contribution in [0.15, 0.2) is 66.0 Å². The Morgan fingerprint density at radius 3 is 2.26 bits per heavy atom. The fourth-order valence-electron chi connectivity index (χ4n) is 5.17. The molecule has 1 heterocycles. The van der Waals surface area contributed by atoms with E-state index in [-0.39, 0.29) is 11.7 Å². The number of methoxy groups -OCH3 is 4. The van der Waals surface area contributed by atoms with E-state index in [0.29, 0.717) is 41.2 Å². The molecule has 178 valence electrons. The second kappa shape index (κ2) is 9.63. The van der Waals surface area contributed by atoms with Crippen molar-refractivity contribution in [3.8, 4) is 17.2 Å². The number of carbonyl (C=O) groups excluding carboxylic acids is 2. The molecule has 7 heteroatoms. The molecule has 3 atom stereocenters. The van der Waals surface area contributed by atoms with Crippen molar-refractivity contribution in [2.24, 2.45) is 5.92 Å². The van der Waals surface area contributed by atoms with E-state index in [1.807, 2.05) is 36.4 Å². The third kappa shape index (κ3) is 3.91. The van der Waals surface area contributed by atoms with E-state index in [4.69, 9.17) is 18.9 Å². The summed E-state index contributed by atoms with van der Waals surface area (Å²) in [7, 11) is 6.05. The average molecular weight is 464 g/mol. The monoisotopic (exact) mass is 463 g/mol. The Balaban J connectivity index is 1.88. The lowest BCUT2D eigenvalue weighted by Gasteiger charge is -2.40. The summed E-state index contributed by atoms with van der Waals surface area (Å²) in [5, 5.41) is 3.27. The lowest BCUT2D eigenvalue weighted by Crippen LogP contribution is -2.42. The lowest BCUT2D eigenvalue weighted by molar-refractivity contribution is -0.144. The molecule has 1 aliphatic heterocycles. The molecule has 0 saturated heterocycles. The first kappa shape index (κ1) is 23.4. The highest BCUT2D eigenvalue weighted by atomic mass is 16.5. The molecule has 1 N–H and O–H groups in total. The van der Waals surface area contributed by atoms with Gasteiger partial charge in [0.15, 0.2) is 17.3 Å². The second-order valence-electron chi connectivity index (χ2n) is 8.37. The molecule has 34 heavy (non-hydrogen) atoms. The molecule has 4 rings (SSSR count). The molecule has 0 saturated carbocycles. The number of hydrogen-bond donors (Lipinski definition) is 1. The molecule has 0 spiro atoms. The fraction of sp³-hybridized carbons (Fsp3) is 0.333. The van der Waals surface area contributed by atoms with Crippen molar-refractivity contribution in [3.05, 3.63) is 77.1 Å². The Kier molecular flexibility index (Phi) is 6.63. The van der Waals surface area contributed by atoms with Crippen LogP contribution in [0.3, 0.4) is 0 Å². The first-order chi connectivity index (χ1) is 16.4. The molecule has 7 nitrogen and oxygen atoms in total. The van der Waals surface area contributed by atoms with Gasteiger partial charge in [0.25, 0.3) is 0 Å². The highest BCUT2D eigenvalue weighted by Crippen LogP contribution is 2.51. The number of ether oxygens (including phenoxy) is 4. The van der Waals surface area contributed by atoms with Crippen LogP contribution in [0, 0.1) is 5.92 Å². The zero-order chi connectivity index (χ0) is 24.4. The number of esters is 1. The lowest BCUT2D eigenvalue weighted by atomic mass is 9.68. The molecule has 0 fully saturated rings. The maximum atomic E-state index is 13.7. The first-order valence-corrected chi connectivity index (χ1v) is 11.1. The third-order valence-corrected chi connectivity index (χ3v) is 6.64. The van der Waals surface area contributed by atoms with Gasteiger partial charge in [-0.25, -0.2) is 0 Å². The van der Waals surface area contributed by atoms with E-state index >= 15 is 0 Å². The highest BCUT2D eigenvalue weighted by molar-refractivity contribution is 6.01. The van der Waals surface area contributed by atoms with Crippen LogP contribution >= 0.6 is 0 Å². The Labute approximate surface area is 199 Å².